The lowest BCUT2D eigenvalue weighted by Crippen LogP contribution is -2.39. The summed E-state index contributed by atoms with van der Waals surface area (Å²) in [5.74, 6) is -0.941. The van der Waals surface area contributed by atoms with E-state index < -0.39 is 36.0 Å². The van der Waals surface area contributed by atoms with Crippen LogP contribution in [0.25, 0.3) is 0 Å². The topological polar surface area (TPSA) is 77.2 Å². The molecule has 1 amide bonds. The van der Waals surface area contributed by atoms with Crippen LogP contribution in [0.4, 0.5) is 26.3 Å². The molecule has 0 bridgehead atoms. The minimum Gasteiger partial charge on any atom is -0.399 e. The summed E-state index contributed by atoms with van der Waals surface area (Å²) >= 11 is 12.3. The van der Waals surface area contributed by atoms with Gasteiger partial charge in [-0.3, -0.25) is 4.79 Å². The van der Waals surface area contributed by atoms with E-state index in [1.165, 1.54) is 7.11 Å². The minimum absolute atomic E-state index is 0.0633. The van der Waals surface area contributed by atoms with Crippen molar-refractivity contribution in [1.29, 1.82) is 0 Å². The number of primary amides is 1. The Balaban J connectivity index is 1.79. The van der Waals surface area contributed by atoms with Gasteiger partial charge in [0.15, 0.2) is 0 Å². The molecule has 14 heteroatoms. The molecular weight excluding hydrogens is 599 g/mol. The van der Waals surface area contributed by atoms with Crippen LogP contribution < -0.4 is 5.73 Å². The summed E-state index contributed by atoms with van der Waals surface area (Å²) in [6.07, 6.45) is -8.18. The molecule has 3 rings (SSSR count). The van der Waals surface area contributed by atoms with Crippen LogP contribution in [0.3, 0.4) is 0 Å². The third kappa shape index (κ3) is 9.49. The van der Waals surface area contributed by atoms with Crippen molar-refractivity contribution in [3.63, 3.8) is 0 Å². The number of nitrogens with zero attached hydrogens (tertiary/aromatic N) is 2. The van der Waals surface area contributed by atoms with Crippen LogP contribution in [0, 0.1) is 5.92 Å². The third-order valence-electron chi connectivity index (χ3n) is 6.85. The average molecular weight is 628 g/mol. The summed E-state index contributed by atoms with van der Waals surface area (Å²) < 4.78 is 85.1. The molecule has 0 radical (unpaired) electrons. The number of rotatable bonds is 11. The minimum atomic E-state index is -4.97. The van der Waals surface area contributed by atoms with Crippen LogP contribution in [-0.4, -0.2) is 49.9 Å². The highest BCUT2D eigenvalue weighted by molar-refractivity contribution is 6.42. The fourth-order valence-electron chi connectivity index (χ4n) is 4.69. The predicted octanol–water partition coefficient (Wildman–Crippen LogP) is 6.92. The summed E-state index contributed by atoms with van der Waals surface area (Å²) in [6, 6.07) is 6.31. The van der Waals surface area contributed by atoms with Crippen molar-refractivity contribution in [3.8, 4) is 0 Å². The largest absolute Gasteiger partial charge is 0.416 e. The van der Waals surface area contributed by atoms with Gasteiger partial charge in [0.2, 0.25) is 5.91 Å². The molecule has 0 aromatic heterocycles. The molecule has 0 saturated carbocycles. The van der Waals surface area contributed by atoms with Gasteiger partial charge in [-0.1, -0.05) is 34.4 Å². The average Bonchev–Trinajstić information content (AvgIpc) is 2.89. The Morgan fingerprint density at radius 1 is 1.02 bits per heavy atom. The summed E-state index contributed by atoms with van der Waals surface area (Å²) in [4.78, 5) is 18.7. The second-order valence-electron chi connectivity index (χ2n) is 9.71. The highest BCUT2D eigenvalue weighted by Gasteiger charge is 2.37. The zero-order valence-corrected chi connectivity index (χ0v) is 23.5. The van der Waals surface area contributed by atoms with Crippen molar-refractivity contribution in [2.45, 2.75) is 44.1 Å². The molecule has 1 aliphatic heterocycles. The molecule has 1 unspecified atom stereocenters. The first-order valence-electron chi connectivity index (χ1n) is 12.6. The standard InChI is InChI=1S/C27H29Cl2F6N3O3/c1-40-37-24(15-41-14-16-10-19(26(30,31)32)13-20(11-16)27(33,34)35)21(18-2-3-22(28)23(29)12-18)6-9-38-7-4-17(5-8-38)25(36)39/h2-3,10-13,17,21H,4-9,14-15H2,1H3,(H2,36,39)/b37-24+. The number of amides is 1. The Bertz CT molecular complexity index is 1200. The Hall–Kier alpha value is -2.54. The van der Waals surface area contributed by atoms with E-state index in [1.807, 2.05) is 0 Å². The number of halogens is 8. The Kier molecular flexibility index (Phi) is 11.3. The number of piperidine rings is 1. The number of oxime groups is 1. The molecule has 226 valence electrons. The molecule has 1 saturated heterocycles. The van der Waals surface area contributed by atoms with Crippen molar-refractivity contribution in [1.82, 2.24) is 4.90 Å². The lowest BCUT2D eigenvalue weighted by molar-refractivity contribution is -0.143. The molecule has 2 aromatic carbocycles. The van der Waals surface area contributed by atoms with Crippen LogP contribution in [0.5, 0.6) is 0 Å². The lowest BCUT2D eigenvalue weighted by Gasteiger charge is -2.31. The molecule has 2 N–H and O–H groups in total. The van der Waals surface area contributed by atoms with Crippen molar-refractivity contribution in [2.75, 3.05) is 33.4 Å². The Morgan fingerprint density at radius 3 is 2.15 bits per heavy atom. The first-order chi connectivity index (χ1) is 19.2. The van der Waals surface area contributed by atoms with E-state index in [1.54, 1.807) is 18.2 Å². The van der Waals surface area contributed by atoms with Gasteiger partial charge >= 0.3 is 12.4 Å². The number of carbonyl (C=O) groups is 1. The van der Waals surface area contributed by atoms with Crippen LogP contribution >= 0.6 is 23.2 Å². The molecule has 1 aliphatic rings. The van der Waals surface area contributed by atoms with Crippen LogP contribution in [0.15, 0.2) is 41.6 Å². The van der Waals surface area contributed by atoms with Gasteiger partial charge in [-0.2, -0.15) is 26.3 Å². The van der Waals surface area contributed by atoms with Gasteiger partial charge in [0, 0.05) is 11.8 Å². The highest BCUT2D eigenvalue weighted by Crippen LogP contribution is 2.37. The maximum Gasteiger partial charge on any atom is 0.416 e. The zero-order valence-electron chi connectivity index (χ0n) is 22.0. The van der Waals surface area contributed by atoms with Crippen molar-refractivity contribution >= 4 is 34.8 Å². The fourth-order valence-corrected chi connectivity index (χ4v) is 5.00. The van der Waals surface area contributed by atoms with Crippen molar-refractivity contribution in [3.05, 3.63) is 68.7 Å². The van der Waals surface area contributed by atoms with E-state index in [2.05, 4.69) is 10.1 Å². The van der Waals surface area contributed by atoms with Crippen molar-refractivity contribution < 1.29 is 40.7 Å². The van der Waals surface area contributed by atoms with E-state index in [4.69, 9.17) is 38.5 Å². The van der Waals surface area contributed by atoms with Gasteiger partial charge in [-0.25, -0.2) is 0 Å². The van der Waals surface area contributed by atoms with Gasteiger partial charge in [0.25, 0.3) is 0 Å². The molecule has 6 nitrogen and oxygen atoms in total. The van der Waals surface area contributed by atoms with Crippen LogP contribution in [0.2, 0.25) is 10.0 Å². The normalized spacial score (nSPS) is 16.6. The van der Waals surface area contributed by atoms with E-state index in [-0.39, 0.29) is 35.1 Å². The van der Waals surface area contributed by atoms with Gasteiger partial charge in [-0.05, 0) is 80.4 Å². The number of alkyl halides is 6. The quantitative estimate of drug-likeness (QED) is 0.167. The molecule has 1 fully saturated rings. The van der Waals surface area contributed by atoms with Gasteiger partial charge in [-0.15, -0.1) is 0 Å². The number of carbonyl (C=O) groups excluding carboxylic acids is 1. The first-order valence-corrected chi connectivity index (χ1v) is 13.4. The van der Waals surface area contributed by atoms with Crippen LogP contribution in [0.1, 0.15) is 47.4 Å². The van der Waals surface area contributed by atoms with E-state index in [9.17, 15) is 31.1 Å². The molecule has 0 aliphatic carbocycles. The number of ether oxygens (including phenoxy) is 1. The Labute approximate surface area is 243 Å². The SMILES string of the molecule is CO/N=C(\COCc1cc(C(F)(F)F)cc(C(F)(F)F)c1)C(CCN1CCC(C(N)=O)CC1)c1ccc(Cl)c(Cl)c1. The van der Waals surface area contributed by atoms with Gasteiger partial charge < -0.3 is 20.2 Å². The third-order valence-corrected chi connectivity index (χ3v) is 7.59. The second kappa shape index (κ2) is 14.1. The molecular formula is C27H29Cl2F6N3O3. The molecule has 1 atom stereocenters. The maximum absolute atomic E-state index is 13.2. The number of hydrogen-bond donors (Lipinski definition) is 1. The highest BCUT2D eigenvalue weighted by atomic mass is 35.5. The number of hydrogen-bond acceptors (Lipinski definition) is 5. The zero-order chi connectivity index (χ0) is 30.4. The van der Waals surface area contributed by atoms with Gasteiger partial charge in [0.1, 0.15) is 7.11 Å². The second-order valence-corrected chi connectivity index (χ2v) is 10.5. The number of benzene rings is 2. The van der Waals surface area contributed by atoms with E-state index >= 15 is 0 Å². The smallest absolute Gasteiger partial charge is 0.399 e. The summed E-state index contributed by atoms with van der Waals surface area (Å²) in [5, 5.41) is 4.69. The predicted molar refractivity (Wildman–Crippen MR) is 143 cm³/mol. The lowest BCUT2D eigenvalue weighted by atomic mass is 9.90. The van der Waals surface area contributed by atoms with E-state index in [0.29, 0.717) is 67.3 Å². The van der Waals surface area contributed by atoms with E-state index in [0.717, 1.165) is 0 Å². The maximum atomic E-state index is 13.2. The number of likely N-dealkylation sites (tertiary alicyclic amines) is 1. The summed E-state index contributed by atoms with van der Waals surface area (Å²) in [5.41, 5.74) is 3.33. The molecule has 0 spiro atoms. The molecule has 41 heavy (non-hydrogen) atoms. The molecule has 2 aromatic rings. The monoisotopic (exact) mass is 627 g/mol. The summed E-state index contributed by atoms with van der Waals surface area (Å²) in [7, 11) is 1.31. The van der Waals surface area contributed by atoms with Crippen molar-refractivity contribution in [2.24, 2.45) is 16.8 Å². The molecule has 1 heterocycles. The van der Waals surface area contributed by atoms with Crippen LogP contribution in [-0.2, 0) is 33.3 Å². The Morgan fingerprint density at radius 2 is 1.63 bits per heavy atom. The summed E-state index contributed by atoms with van der Waals surface area (Å²) in [6.45, 7) is 1.12. The first kappa shape index (κ1) is 33.0. The number of nitrogens with two attached hydrogens (primary N) is 1. The fraction of sp³-hybridized carbons (Fsp3) is 0.481. The van der Waals surface area contributed by atoms with Gasteiger partial charge in [0.05, 0.1) is 40.1 Å².